The van der Waals surface area contributed by atoms with E-state index in [1.54, 1.807) is 17.9 Å². The normalized spacial score (nSPS) is 18.2. The Hall–Kier alpha value is -2.48. The molecule has 2 aromatic heterocycles. The van der Waals surface area contributed by atoms with Crippen molar-refractivity contribution in [2.75, 3.05) is 19.7 Å². The Labute approximate surface area is 138 Å². The van der Waals surface area contributed by atoms with Crippen molar-refractivity contribution < 1.29 is 13.9 Å². The van der Waals surface area contributed by atoms with Crippen molar-refractivity contribution in [3.05, 3.63) is 45.5 Å². The van der Waals surface area contributed by atoms with E-state index in [1.807, 2.05) is 13.8 Å². The van der Waals surface area contributed by atoms with Gasteiger partial charge in [0.1, 0.15) is 5.56 Å². The number of nitrogens with one attached hydrogen (secondary N) is 1. The standard InChI is InChI=1S/C16H20N4O4/c1-9(2)14-18-19-15(24-14)11-8-20(6-7-23-11)16(22)12-10(3)4-5-17-13(12)21/h4-5,9,11H,6-8H2,1-3H3,(H,17,21). The average Bonchev–Trinajstić information content (AvgIpc) is 3.05. The van der Waals surface area contributed by atoms with Crippen molar-refractivity contribution in [2.24, 2.45) is 0 Å². The Morgan fingerprint density at radius 3 is 2.88 bits per heavy atom. The number of hydrogen-bond donors (Lipinski definition) is 1. The van der Waals surface area contributed by atoms with E-state index >= 15 is 0 Å². The van der Waals surface area contributed by atoms with Crippen LogP contribution in [0.3, 0.4) is 0 Å². The van der Waals surface area contributed by atoms with Crippen LogP contribution in [0, 0.1) is 6.92 Å². The van der Waals surface area contributed by atoms with E-state index in [-0.39, 0.29) is 29.5 Å². The number of aryl methyl sites for hydroxylation is 1. The summed E-state index contributed by atoms with van der Waals surface area (Å²) in [5.41, 5.74) is 0.418. The zero-order valence-corrected chi connectivity index (χ0v) is 13.9. The number of H-pyrrole nitrogens is 1. The zero-order valence-electron chi connectivity index (χ0n) is 13.9. The molecule has 8 nitrogen and oxygen atoms in total. The lowest BCUT2D eigenvalue weighted by Gasteiger charge is -2.31. The first-order valence-corrected chi connectivity index (χ1v) is 7.90. The van der Waals surface area contributed by atoms with E-state index in [2.05, 4.69) is 15.2 Å². The molecule has 0 bridgehead atoms. The van der Waals surface area contributed by atoms with Crippen LogP contribution in [0.15, 0.2) is 21.5 Å². The van der Waals surface area contributed by atoms with Crippen LogP contribution in [-0.2, 0) is 4.74 Å². The van der Waals surface area contributed by atoms with E-state index < -0.39 is 6.10 Å². The molecule has 1 N–H and O–H groups in total. The second-order valence-corrected chi connectivity index (χ2v) is 6.11. The Bertz CT molecular complexity index is 795. The lowest BCUT2D eigenvalue weighted by atomic mass is 10.1. The Morgan fingerprint density at radius 1 is 1.42 bits per heavy atom. The summed E-state index contributed by atoms with van der Waals surface area (Å²) >= 11 is 0. The highest BCUT2D eigenvalue weighted by molar-refractivity contribution is 5.95. The number of nitrogens with zero attached hydrogens (tertiary/aromatic N) is 3. The van der Waals surface area contributed by atoms with Gasteiger partial charge in [-0.3, -0.25) is 9.59 Å². The molecule has 1 amide bonds. The third-order valence-corrected chi connectivity index (χ3v) is 3.96. The van der Waals surface area contributed by atoms with Crippen LogP contribution in [0.5, 0.6) is 0 Å². The van der Waals surface area contributed by atoms with Gasteiger partial charge in [-0.05, 0) is 18.6 Å². The molecule has 1 aliphatic heterocycles. The van der Waals surface area contributed by atoms with E-state index in [9.17, 15) is 9.59 Å². The number of morpholine rings is 1. The van der Waals surface area contributed by atoms with Gasteiger partial charge >= 0.3 is 0 Å². The van der Waals surface area contributed by atoms with Crippen molar-refractivity contribution in [1.82, 2.24) is 20.1 Å². The first-order chi connectivity index (χ1) is 11.5. The highest BCUT2D eigenvalue weighted by atomic mass is 16.5. The minimum Gasteiger partial charge on any atom is -0.422 e. The minimum atomic E-state index is -0.481. The molecule has 1 fully saturated rings. The third kappa shape index (κ3) is 3.09. The topological polar surface area (TPSA) is 101 Å². The van der Waals surface area contributed by atoms with Crippen molar-refractivity contribution in [1.29, 1.82) is 0 Å². The molecule has 1 aliphatic rings. The number of aromatic amines is 1. The zero-order chi connectivity index (χ0) is 17.3. The van der Waals surface area contributed by atoms with Gasteiger partial charge in [-0.25, -0.2) is 0 Å². The van der Waals surface area contributed by atoms with Crippen LogP contribution in [0.25, 0.3) is 0 Å². The largest absolute Gasteiger partial charge is 0.422 e. The molecule has 1 unspecified atom stereocenters. The van der Waals surface area contributed by atoms with Gasteiger partial charge in [0, 0.05) is 18.7 Å². The summed E-state index contributed by atoms with van der Waals surface area (Å²) < 4.78 is 11.3. The fraction of sp³-hybridized carbons (Fsp3) is 0.500. The average molecular weight is 332 g/mol. The van der Waals surface area contributed by atoms with Crippen LogP contribution in [-0.4, -0.2) is 45.7 Å². The lowest BCUT2D eigenvalue weighted by molar-refractivity contribution is -0.0351. The Morgan fingerprint density at radius 2 is 2.21 bits per heavy atom. The molecule has 3 heterocycles. The monoisotopic (exact) mass is 332 g/mol. The molecule has 128 valence electrons. The van der Waals surface area contributed by atoms with Crippen molar-refractivity contribution >= 4 is 5.91 Å². The summed E-state index contributed by atoms with van der Waals surface area (Å²) in [6.45, 7) is 6.69. The number of rotatable bonds is 3. The summed E-state index contributed by atoms with van der Waals surface area (Å²) in [6, 6.07) is 1.71. The first kappa shape index (κ1) is 16.4. The number of amides is 1. The van der Waals surface area contributed by atoms with E-state index in [0.717, 1.165) is 0 Å². The molecule has 1 atom stereocenters. The number of carbonyl (C=O) groups is 1. The fourth-order valence-corrected chi connectivity index (χ4v) is 2.59. The van der Waals surface area contributed by atoms with Gasteiger partial charge in [-0.1, -0.05) is 13.8 Å². The summed E-state index contributed by atoms with van der Waals surface area (Å²) in [7, 11) is 0. The lowest BCUT2D eigenvalue weighted by Crippen LogP contribution is -2.44. The summed E-state index contributed by atoms with van der Waals surface area (Å²) in [5.74, 6) is 0.701. The highest BCUT2D eigenvalue weighted by Gasteiger charge is 2.31. The van der Waals surface area contributed by atoms with Gasteiger partial charge in [0.05, 0.1) is 13.2 Å². The third-order valence-electron chi connectivity index (χ3n) is 3.96. The molecular weight excluding hydrogens is 312 g/mol. The molecule has 8 heteroatoms. The number of pyridine rings is 1. The quantitative estimate of drug-likeness (QED) is 0.912. The maximum Gasteiger partial charge on any atom is 0.261 e. The molecule has 1 saturated heterocycles. The minimum absolute atomic E-state index is 0.123. The van der Waals surface area contributed by atoms with E-state index in [1.165, 1.54) is 6.20 Å². The summed E-state index contributed by atoms with van der Waals surface area (Å²) in [5, 5.41) is 8.01. The van der Waals surface area contributed by atoms with Crippen LogP contribution in [0.1, 0.15) is 53.6 Å². The molecule has 0 aromatic carbocycles. The van der Waals surface area contributed by atoms with E-state index in [4.69, 9.17) is 9.15 Å². The second kappa shape index (κ2) is 6.56. The second-order valence-electron chi connectivity index (χ2n) is 6.11. The molecule has 2 aromatic rings. The molecular formula is C16H20N4O4. The Balaban J connectivity index is 1.80. The first-order valence-electron chi connectivity index (χ1n) is 7.90. The van der Waals surface area contributed by atoms with Gasteiger partial charge < -0.3 is 19.0 Å². The smallest absolute Gasteiger partial charge is 0.261 e. The summed E-state index contributed by atoms with van der Waals surface area (Å²) in [4.78, 5) is 28.8. The number of hydrogen-bond acceptors (Lipinski definition) is 6. The maximum absolute atomic E-state index is 12.7. The molecule has 0 aliphatic carbocycles. The van der Waals surface area contributed by atoms with Crippen LogP contribution in [0.2, 0.25) is 0 Å². The van der Waals surface area contributed by atoms with Gasteiger partial charge in [0.2, 0.25) is 11.8 Å². The molecule has 24 heavy (non-hydrogen) atoms. The Kier molecular flexibility index (Phi) is 4.48. The maximum atomic E-state index is 12.7. The number of carbonyl (C=O) groups excluding carboxylic acids is 1. The van der Waals surface area contributed by atoms with Crippen molar-refractivity contribution in [3.8, 4) is 0 Å². The van der Waals surface area contributed by atoms with Gasteiger partial charge in [0.25, 0.3) is 11.5 Å². The van der Waals surface area contributed by atoms with Crippen LogP contribution in [0.4, 0.5) is 0 Å². The van der Waals surface area contributed by atoms with Crippen LogP contribution < -0.4 is 5.56 Å². The van der Waals surface area contributed by atoms with Gasteiger partial charge in [0.15, 0.2) is 6.10 Å². The van der Waals surface area contributed by atoms with Gasteiger partial charge in [-0.15, -0.1) is 10.2 Å². The number of aromatic nitrogens is 3. The van der Waals surface area contributed by atoms with Crippen LogP contribution >= 0.6 is 0 Å². The molecule has 0 spiro atoms. The van der Waals surface area contributed by atoms with Gasteiger partial charge in [-0.2, -0.15) is 0 Å². The molecule has 3 rings (SSSR count). The predicted octanol–water partition coefficient (Wildman–Crippen LogP) is 1.40. The van der Waals surface area contributed by atoms with Crippen molar-refractivity contribution in [3.63, 3.8) is 0 Å². The van der Waals surface area contributed by atoms with E-state index in [0.29, 0.717) is 30.5 Å². The highest BCUT2D eigenvalue weighted by Crippen LogP contribution is 2.24. The van der Waals surface area contributed by atoms with Crippen molar-refractivity contribution in [2.45, 2.75) is 32.8 Å². The summed E-state index contributed by atoms with van der Waals surface area (Å²) in [6.07, 6.45) is 1.05. The molecule has 0 saturated carbocycles. The SMILES string of the molecule is Cc1cc[nH]c(=O)c1C(=O)N1CCOC(c2nnc(C(C)C)o2)C1. The molecule has 0 radical (unpaired) electrons. The predicted molar refractivity (Wildman–Crippen MR) is 84.8 cm³/mol. The number of ether oxygens (including phenoxy) is 1. The fourth-order valence-electron chi connectivity index (χ4n) is 2.59.